The number of nitrogens with one attached hydrogen (secondary N) is 1. The van der Waals surface area contributed by atoms with E-state index in [1.54, 1.807) is 42.5 Å². The SMILES string of the molecule is O=C(COC(=O)c1ccc(-n2cnnn2)cc1)Nc1cccc(Br)c1. The first kappa shape index (κ1) is 16.8. The van der Waals surface area contributed by atoms with Gasteiger partial charge in [0, 0.05) is 10.2 Å². The van der Waals surface area contributed by atoms with Crippen molar-refractivity contribution in [1.29, 1.82) is 0 Å². The lowest BCUT2D eigenvalue weighted by molar-refractivity contribution is -0.119. The van der Waals surface area contributed by atoms with Crippen LogP contribution in [0.3, 0.4) is 0 Å². The van der Waals surface area contributed by atoms with E-state index < -0.39 is 11.9 Å². The van der Waals surface area contributed by atoms with Gasteiger partial charge in [0.15, 0.2) is 6.61 Å². The Morgan fingerprint density at radius 1 is 1.16 bits per heavy atom. The van der Waals surface area contributed by atoms with Crippen LogP contribution in [0, 0.1) is 0 Å². The molecule has 0 saturated heterocycles. The third-order valence-corrected chi connectivity index (χ3v) is 3.65. The van der Waals surface area contributed by atoms with E-state index in [2.05, 4.69) is 36.8 Å². The summed E-state index contributed by atoms with van der Waals surface area (Å²) in [5.41, 5.74) is 1.64. The fourth-order valence-corrected chi connectivity index (χ4v) is 2.41. The third-order valence-electron chi connectivity index (χ3n) is 3.16. The molecule has 1 amide bonds. The monoisotopic (exact) mass is 401 g/mol. The van der Waals surface area contributed by atoms with Crippen LogP contribution in [-0.4, -0.2) is 38.7 Å². The number of carbonyl (C=O) groups excluding carboxylic acids is 2. The largest absolute Gasteiger partial charge is 0.452 e. The number of halogens is 1. The fourth-order valence-electron chi connectivity index (χ4n) is 2.01. The molecule has 0 aliphatic rings. The smallest absolute Gasteiger partial charge is 0.338 e. The van der Waals surface area contributed by atoms with Gasteiger partial charge in [-0.2, -0.15) is 0 Å². The summed E-state index contributed by atoms with van der Waals surface area (Å²) in [5, 5.41) is 13.5. The Balaban J connectivity index is 1.54. The van der Waals surface area contributed by atoms with Gasteiger partial charge in [0.2, 0.25) is 0 Å². The van der Waals surface area contributed by atoms with Gasteiger partial charge in [-0.15, -0.1) is 5.10 Å². The summed E-state index contributed by atoms with van der Waals surface area (Å²) < 4.78 is 7.31. The molecule has 0 aliphatic carbocycles. The second-order valence-electron chi connectivity index (χ2n) is 4.94. The number of carbonyl (C=O) groups is 2. The molecule has 1 N–H and O–H groups in total. The highest BCUT2D eigenvalue weighted by atomic mass is 79.9. The van der Waals surface area contributed by atoms with Crippen molar-refractivity contribution in [2.75, 3.05) is 11.9 Å². The first-order chi connectivity index (χ1) is 12.1. The van der Waals surface area contributed by atoms with Crippen molar-refractivity contribution in [2.45, 2.75) is 0 Å². The van der Waals surface area contributed by atoms with Crippen LogP contribution in [0.2, 0.25) is 0 Å². The van der Waals surface area contributed by atoms with Gasteiger partial charge in [-0.25, -0.2) is 9.48 Å². The highest BCUT2D eigenvalue weighted by Crippen LogP contribution is 2.15. The summed E-state index contributed by atoms with van der Waals surface area (Å²) in [6, 6.07) is 13.6. The van der Waals surface area contributed by atoms with E-state index in [1.165, 1.54) is 11.0 Å². The van der Waals surface area contributed by atoms with Gasteiger partial charge in [-0.05, 0) is 52.9 Å². The summed E-state index contributed by atoms with van der Waals surface area (Å²) >= 11 is 3.31. The van der Waals surface area contributed by atoms with Gasteiger partial charge >= 0.3 is 5.97 Å². The first-order valence-corrected chi connectivity index (χ1v) is 7.97. The van der Waals surface area contributed by atoms with Crippen molar-refractivity contribution < 1.29 is 14.3 Å². The molecule has 8 nitrogen and oxygen atoms in total. The molecule has 1 aromatic heterocycles. The lowest BCUT2D eigenvalue weighted by atomic mass is 10.2. The van der Waals surface area contributed by atoms with Crippen LogP contribution in [-0.2, 0) is 9.53 Å². The number of esters is 1. The fraction of sp³-hybridized carbons (Fsp3) is 0.0625. The van der Waals surface area contributed by atoms with E-state index in [9.17, 15) is 9.59 Å². The van der Waals surface area contributed by atoms with Gasteiger partial charge in [-0.1, -0.05) is 22.0 Å². The number of hydrogen-bond donors (Lipinski definition) is 1. The zero-order valence-corrected chi connectivity index (χ0v) is 14.4. The number of tetrazole rings is 1. The number of ether oxygens (including phenoxy) is 1. The third kappa shape index (κ3) is 4.48. The second kappa shape index (κ2) is 7.67. The lowest BCUT2D eigenvalue weighted by Crippen LogP contribution is -2.20. The highest BCUT2D eigenvalue weighted by molar-refractivity contribution is 9.10. The predicted molar refractivity (Wildman–Crippen MR) is 92.2 cm³/mol. The van der Waals surface area contributed by atoms with Crippen molar-refractivity contribution in [3.63, 3.8) is 0 Å². The molecule has 0 radical (unpaired) electrons. The molecule has 1 heterocycles. The number of rotatable bonds is 5. The quantitative estimate of drug-likeness (QED) is 0.658. The molecular formula is C16H12BrN5O3. The number of nitrogens with zero attached hydrogens (tertiary/aromatic N) is 4. The summed E-state index contributed by atoms with van der Waals surface area (Å²) in [4.78, 5) is 23.8. The second-order valence-corrected chi connectivity index (χ2v) is 5.85. The topological polar surface area (TPSA) is 99.0 Å². The van der Waals surface area contributed by atoms with Crippen LogP contribution in [0.5, 0.6) is 0 Å². The van der Waals surface area contributed by atoms with Crippen LogP contribution in [0.4, 0.5) is 5.69 Å². The molecule has 0 atom stereocenters. The maximum Gasteiger partial charge on any atom is 0.338 e. The number of benzene rings is 2. The molecule has 25 heavy (non-hydrogen) atoms. The molecule has 3 aromatic rings. The molecule has 0 unspecified atom stereocenters. The van der Waals surface area contributed by atoms with Crippen LogP contribution >= 0.6 is 15.9 Å². The van der Waals surface area contributed by atoms with Crippen LogP contribution in [0.25, 0.3) is 5.69 Å². The standard InChI is InChI=1S/C16H12BrN5O3/c17-12-2-1-3-13(8-12)19-15(23)9-25-16(24)11-4-6-14(7-5-11)22-10-18-20-21-22/h1-8,10H,9H2,(H,19,23). The summed E-state index contributed by atoms with van der Waals surface area (Å²) in [5.74, 6) is -1.01. The lowest BCUT2D eigenvalue weighted by Gasteiger charge is -2.07. The summed E-state index contributed by atoms with van der Waals surface area (Å²) in [6.07, 6.45) is 1.44. The van der Waals surface area contributed by atoms with Crippen LogP contribution in [0.15, 0.2) is 59.3 Å². The van der Waals surface area contributed by atoms with Crippen LogP contribution in [0.1, 0.15) is 10.4 Å². The minimum atomic E-state index is -0.590. The maximum atomic E-state index is 12.0. The van der Waals surface area contributed by atoms with Crippen molar-refractivity contribution in [1.82, 2.24) is 20.2 Å². The van der Waals surface area contributed by atoms with E-state index in [4.69, 9.17) is 4.74 Å². The molecule has 0 fully saturated rings. The molecule has 0 spiro atoms. The molecule has 2 aromatic carbocycles. The molecule has 0 saturated carbocycles. The van der Waals surface area contributed by atoms with Gasteiger partial charge in [0.25, 0.3) is 5.91 Å². The van der Waals surface area contributed by atoms with Crippen LogP contribution < -0.4 is 5.32 Å². The van der Waals surface area contributed by atoms with E-state index in [0.717, 1.165) is 4.47 Å². The molecule has 9 heteroatoms. The summed E-state index contributed by atoms with van der Waals surface area (Å²) in [7, 11) is 0. The molecule has 126 valence electrons. The van der Waals surface area contributed by atoms with E-state index >= 15 is 0 Å². The average Bonchev–Trinajstić information content (AvgIpc) is 3.14. The van der Waals surface area contributed by atoms with E-state index in [1.807, 2.05) is 6.07 Å². The summed E-state index contributed by atoms with van der Waals surface area (Å²) in [6.45, 7) is -0.375. The predicted octanol–water partition coefficient (Wildman–Crippen LogP) is 2.22. The molecular weight excluding hydrogens is 390 g/mol. The maximum absolute atomic E-state index is 12.0. The Labute approximate surface area is 150 Å². The minimum absolute atomic E-state index is 0.326. The Kier molecular flexibility index (Phi) is 5.14. The first-order valence-electron chi connectivity index (χ1n) is 7.18. The Hall–Kier alpha value is -3.07. The van der Waals surface area contributed by atoms with Gasteiger partial charge in [-0.3, -0.25) is 4.79 Å². The number of anilines is 1. The Morgan fingerprint density at radius 2 is 1.96 bits per heavy atom. The number of hydrogen-bond acceptors (Lipinski definition) is 6. The van der Waals surface area contributed by atoms with Crippen molar-refractivity contribution in [3.05, 3.63) is 64.9 Å². The van der Waals surface area contributed by atoms with E-state index in [-0.39, 0.29) is 6.61 Å². The molecule has 0 bridgehead atoms. The molecule has 3 rings (SSSR count). The van der Waals surface area contributed by atoms with Crippen molar-refractivity contribution >= 4 is 33.5 Å². The van der Waals surface area contributed by atoms with Gasteiger partial charge in [0.1, 0.15) is 6.33 Å². The van der Waals surface area contributed by atoms with Gasteiger partial charge < -0.3 is 10.1 Å². The van der Waals surface area contributed by atoms with Gasteiger partial charge in [0.05, 0.1) is 11.3 Å². The van der Waals surface area contributed by atoms with Crippen molar-refractivity contribution in [2.24, 2.45) is 0 Å². The Morgan fingerprint density at radius 3 is 2.64 bits per heavy atom. The van der Waals surface area contributed by atoms with E-state index in [0.29, 0.717) is 16.9 Å². The average molecular weight is 402 g/mol. The Bertz CT molecular complexity index is 881. The van der Waals surface area contributed by atoms with Crippen molar-refractivity contribution in [3.8, 4) is 5.69 Å². The highest BCUT2D eigenvalue weighted by Gasteiger charge is 2.11. The number of amides is 1. The zero-order valence-electron chi connectivity index (χ0n) is 12.8. The normalized spacial score (nSPS) is 10.3. The number of aromatic nitrogens is 4. The minimum Gasteiger partial charge on any atom is -0.452 e. The zero-order chi connectivity index (χ0) is 17.6. The molecule has 0 aliphatic heterocycles.